The maximum atomic E-state index is 13.2. The monoisotopic (exact) mass is 340 g/mol. The average Bonchev–Trinajstić information content (AvgIpc) is 3.07. The Balaban J connectivity index is 1.45. The number of nitrogens with one attached hydrogen (secondary N) is 1. The molecule has 0 saturated heterocycles. The lowest BCUT2D eigenvalue weighted by molar-refractivity contribution is -0.122. The van der Waals surface area contributed by atoms with Crippen molar-refractivity contribution in [1.29, 1.82) is 0 Å². The zero-order chi connectivity index (χ0) is 17.6. The van der Waals surface area contributed by atoms with Crippen LogP contribution in [0.4, 0.5) is 4.39 Å². The number of rotatable bonds is 6. The Kier molecular flexibility index (Phi) is 5.43. The quantitative estimate of drug-likeness (QED) is 0.876. The van der Waals surface area contributed by atoms with Gasteiger partial charge in [0.15, 0.2) is 0 Å². The molecule has 0 unspecified atom stereocenters. The average molecular weight is 340 g/mol. The highest BCUT2D eigenvalue weighted by Gasteiger charge is 2.23. The summed E-state index contributed by atoms with van der Waals surface area (Å²) < 4.78 is 13.2. The van der Waals surface area contributed by atoms with Crippen molar-refractivity contribution in [2.45, 2.75) is 31.8 Å². The van der Waals surface area contributed by atoms with Gasteiger partial charge in [-0.15, -0.1) is 0 Å². The topological polar surface area (TPSA) is 50.7 Å². The van der Waals surface area contributed by atoms with E-state index in [9.17, 15) is 9.18 Å². The van der Waals surface area contributed by atoms with Crippen molar-refractivity contribution in [3.63, 3.8) is 0 Å². The highest BCUT2D eigenvalue weighted by molar-refractivity contribution is 5.87. The summed E-state index contributed by atoms with van der Waals surface area (Å²) in [5.74, 6) is -0.501. The minimum atomic E-state index is -0.254. The minimum Gasteiger partial charge on any atom is -0.390 e. The Morgan fingerprint density at radius 3 is 2.84 bits per heavy atom. The van der Waals surface area contributed by atoms with E-state index < -0.39 is 0 Å². The summed E-state index contributed by atoms with van der Waals surface area (Å²) in [4.78, 5) is 17.6. The standard InChI is InChI=1S/C20H21FN2O2/c1-14(16-7-3-2-4-8-16)20(24)22-13-19-12-18(23-25-19)11-15-6-5-9-17(21)10-15/h2-10,14,19H,11-13H2,1H3,(H,22,24)/t14-,19-/m1/s1. The summed E-state index contributed by atoms with van der Waals surface area (Å²) in [5.41, 5.74) is 2.71. The first kappa shape index (κ1) is 17.1. The second-order valence-corrected chi connectivity index (χ2v) is 6.27. The molecule has 1 heterocycles. The van der Waals surface area contributed by atoms with Gasteiger partial charge >= 0.3 is 0 Å². The molecule has 2 atom stereocenters. The summed E-state index contributed by atoms with van der Waals surface area (Å²) in [5, 5.41) is 6.99. The van der Waals surface area contributed by atoms with Crippen LogP contribution in [0.2, 0.25) is 0 Å². The van der Waals surface area contributed by atoms with E-state index in [2.05, 4.69) is 10.5 Å². The SMILES string of the molecule is C[C@@H](C(=O)NC[C@H]1CC(Cc2cccc(F)c2)=NO1)c1ccccc1. The molecule has 1 amide bonds. The molecular formula is C20H21FN2O2. The number of amides is 1. The third-order valence-corrected chi connectivity index (χ3v) is 4.29. The number of carbonyl (C=O) groups is 1. The number of benzene rings is 2. The Labute approximate surface area is 146 Å². The molecular weight excluding hydrogens is 319 g/mol. The third kappa shape index (κ3) is 4.66. The molecule has 0 fully saturated rings. The number of hydrogen-bond acceptors (Lipinski definition) is 3. The van der Waals surface area contributed by atoms with E-state index in [0.717, 1.165) is 16.8 Å². The van der Waals surface area contributed by atoms with Crippen LogP contribution >= 0.6 is 0 Å². The van der Waals surface area contributed by atoms with Gasteiger partial charge in [0, 0.05) is 12.8 Å². The predicted molar refractivity (Wildman–Crippen MR) is 94.9 cm³/mol. The van der Waals surface area contributed by atoms with E-state index in [-0.39, 0.29) is 23.7 Å². The van der Waals surface area contributed by atoms with Crippen molar-refractivity contribution in [3.8, 4) is 0 Å². The van der Waals surface area contributed by atoms with Crippen LogP contribution in [0, 0.1) is 5.82 Å². The Bertz CT molecular complexity index is 761. The molecule has 2 aromatic rings. The lowest BCUT2D eigenvalue weighted by Gasteiger charge is -2.14. The van der Waals surface area contributed by atoms with Crippen LogP contribution in [0.25, 0.3) is 0 Å². The fourth-order valence-electron chi connectivity index (χ4n) is 2.84. The molecule has 1 aliphatic rings. The van der Waals surface area contributed by atoms with Gasteiger partial charge in [0.2, 0.25) is 5.91 Å². The Hall–Kier alpha value is -2.69. The van der Waals surface area contributed by atoms with Gasteiger partial charge in [0.25, 0.3) is 0 Å². The van der Waals surface area contributed by atoms with Gasteiger partial charge in [0.05, 0.1) is 18.2 Å². The maximum Gasteiger partial charge on any atom is 0.227 e. The fourth-order valence-corrected chi connectivity index (χ4v) is 2.84. The van der Waals surface area contributed by atoms with Crippen molar-refractivity contribution >= 4 is 11.6 Å². The molecule has 0 radical (unpaired) electrons. The molecule has 1 N–H and O–H groups in total. The van der Waals surface area contributed by atoms with Gasteiger partial charge in [-0.1, -0.05) is 47.6 Å². The largest absolute Gasteiger partial charge is 0.390 e. The van der Waals surface area contributed by atoms with E-state index in [0.29, 0.717) is 19.4 Å². The van der Waals surface area contributed by atoms with E-state index in [1.807, 2.05) is 43.3 Å². The van der Waals surface area contributed by atoms with Crippen LogP contribution in [0.3, 0.4) is 0 Å². The molecule has 0 aromatic heterocycles. The van der Waals surface area contributed by atoms with Gasteiger partial charge in [0.1, 0.15) is 11.9 Å². The molecule has 1 aliphatic heterocycles. The molecule has 0 saturated carbocycles. The van der Waals surface area contributed by atoms with Crippen molar-refractivity contribution in [2.24, 2.45) is 5.16 Å². The summed E-state index contributed by atoms with van der Waals surface area (Å²) >= 11 is 0. The van der Waals surface area contributed by atoms with Gasteiger partial charge < -0.3 is 10.2 Å². The van der Waals surface area contributed by atoms with E-state index in [1.54, 1.807) is 6.07 Å². The Morgan fingerprint density at radius 2 is 2.08 bits per heavy atom. The molecule has 5 heteroatoms. The van der Waals surface area contributed by atoms with Crippen LogP contribution < -0.4 is 5.32 Å². The van der Waals surface area contributed by atoms with Crippen LogP contribution in [0.5, 0.6) is 0 Å². The van der Waals surface area contributed by atoms with E-state index in [4.69, 9.17) is 4.84 Å². The summed E-state index contributed by atoms with van der Waals surface area (Å²) in [6.07, 6.45) is 1.02. The molecule has 0 aliphatic carbocycles. The lowest BCUT2D eigenvalue weighted by Crippen LogP contribution is -2.35. The van der Waals surface area contributed by atoms with Crippen molar-refractivity contribution < 1.29 is 14.0 Å². The smallest absolute Gasteiger partial charge is 0.227 e. The first-order chi connectivity index (χ1) is 12.1. The Morgan fingerprint density at radius 1 is 1.28 bits per heavy atom. The summed E-state index contributed by atoms with van der Waals surface area (Å²) in [7, 11) is 0. The molecule has 4 nitrogen and oxygen atoms in total. The normalized spacial score (nSPS) is 17.5. The van der Waals surface area contributed by atoms with Crippen LogP contribution in [-0.2, 0) is 16.1 Å². The van der Waals surface area contributed by atoms with E-state index in [1.165, 1.54) is 12.1 Å². The van der Waals surface area contributed by atoms with Crippen molar-refractivity contribution in [2.75, 3.05) is 6.54 Å². The second-order valence-electron chi connectivity index (χ2n) is 6.27. The molecule has 25 heavy (non-hydrogen) atoms. The van der Waals surface area contributed by atoms with Crippen LogP contribution in [0.1, 0.15) is 30.4 Å². The highest BCUT2D eigenvalue weighted by Crippen LogP contribution is 2.17. The maximum absolute atomic E-state index is 13.2. The lowest BCUT2D eigenvalue weighted by atomic mass is 10.0. The van der Waals surface area contributed by atoms with Gasteiger partial charge in [-0.05, 0) is 30.2 Å². The number of nitrogens with zero attached hydrogens (tertiary/aromatic N) is 1. The van der Waals surface area contributed by atoms with Gasteiger partial charge in [-0.25, -0.2) is 4.39 Å². The highest BCUT2D eigenvalue weighted by atomic mass is 19.1. The molecule has 130 valence electrons. The molecule has 0 spiro atoms. The summed E-state index contributed by atoms with van der Waals surface area (Å²) in [6.45, 7) is 2.29. The number of hydrogen-bond donors (Lipinski definition) is 1. The zero-order valence-electron chi connectivity index (χ0n) is 14.1. The summed E-state index contributed by atoms with van der Waals surface area (Å²) in [6, 6.07) is 16.1. The first-order valence-electron chi connectivity index (χ1n) is 8.40. The van der Waals surface area contributed by atoms with Gasteiger partial charge in [-0.2, -0.15) is 0 Å². The molecule has 2 aromatic carbocycles. The van der Waals surface area contributed by atoms with Crippen LogP contribution in [0.15, 0.2) is 59.8 Å². The number of oxime groups is 1. The number of carbonyl (C=O) groups excluding carboxylic acids is 1. The second kappa shape index (κ2) is 7.92. The van der Waals surface area contributed by atoms with Gasteiger partial charge in [-0.3, -0.25) is 4.79 Å². The van der Waals surface area contributed by atoms with E-state index >= 15 is 0 Å². The van der Waals surface area contributed by atoms with Crippen molar-refractivity contribution in [1.82, 2.24) is 5.32 Å². The predicted octanol–water partition coefficient (Wildman–Crippen LogP) is 3.43. The minimum absolute atomic E-state index is 0.0339. The fraction of sp³-hybridized carbons (Fsp3) is 0.300. The number of halogens is 1. The first-order valence-corrected chi connectivity index (χ1v) is 8.40. The van der Waals surface area contributed by atoms with Crippen molar-refractivity contribution in [3.05, 3.63) is 71.5 Å². The zero-order valence-corrected chi connectivity index (χ0v) is 14.1. The van der Waals surface area contributed by atoms with Crippen LogP contribution in [-0.4, -0.2) is 24.3 Å². The molecule has 0 bridgehead atoms. The molecule has 3 rings (SSSR count). The third-order valence-electron chi connectivity index (χ3n) is 4.29.